The Hall–Kier alpha value is -3.94. The minimum atomic E-state index is -1.14. The molecule has 0 radical (unpaired) electrons. The number of hydrogen-bond donors (Lipinski definition) is 2. The van der Waals surface area contributed by atoms with Gasteiger partial charge >= 0.3 is 6.03 Å². The lowest BCUT2D eigenvalue weighted by atomic mass is 9.70. The van der Waals surface area contributed by atoms with Crippen LogP contribution < -0.4 is 25.9 Å². The summed E-state index contributed by atoms with van der Waals surface area (Å²) < 4.78 is 5.28. The van der Waals surface area contributed by atoms with Crippen molar-refractivity contribution in [1.29, 1.82) is 0 Å². The fraction of sp³-hybridized carbons (Fsp3) is 0.379. The lowest BCUT2D eigenvalue weighted by molar-refractivity contribution is -0.127. The van der Waals surface area contributed by atoms with Gasteiger partial charge in [0.25, 0.3) is 11.8 Å². The minimum Gasteiger partial charge on any atom is -0.497 e. The molecule has 2 N–H and O–H groups in total. The van der Waals surface area contributed by atoms with E-state index in [1.54, 1.807) is 18.1 Å². The largest absolute Gasteiger partial charge is 0.497 e. The zero-order valence-electron chi connectivity index (χ0n) is 20.8. The third-order valence-electron chi connectivity index (χ3n) is 8.33. The van der Waals surface area contributed by atoms with Crippen molar-refractivity contribution in [3.8, 4) is 5.75 Å². The molecule has 1 saturated heterocycles. The van der Waals surface area contributed by atoms with Crippen LogP contribution in [0.15, 0.2) is 42.6 Å². The average Bonchev–Trinajstić information content (AvgIpc) is 3.25. The van der Waals surface area contributed by atoms with Crippen molar-refractivity contribution in [3.05, 3.63) is 69.9 Å². The standard InChI is InChI=1S/C29H30N4O4/c1-37-23-12-9-20-16-33(26(34)24(20)14-23)17-29(27(35)31-28(36)32-29)22-10-7-18(8-11-22)21-13-19-5-3-2-4-6-25(19)30-15-21/h2-3,5-6,9,12-15,18,22H,4,7-8,10-11,16-17H2,1H3,(H2,31,32,35,36)/t18?,22?,29-/m0/s1. The third-order valence-corrected chi connectivity index (χ3v) is 8.33. The number of carbonyl (C=O) groups excluding carboxylic acids is 3. The average molecular weight is 499 g/mol. The van der Waals surface area contributed by atoms with Crippen LogP contribution in [0.25, 0.3) is 12.2 Å². The summed E-state index contributed by atoms with van der Waals surface area (Å²) in [7, 11) is 1.57. The first-order valence-electron chi connectivity index (χ1n) is 12.9. The predicted molar refractivity (Wildman–Crippen MR) is 138 cm³/mol. The van der Waals surface area contributed by atoms with Crippen molar-refractivity contribution >= 4 is 30.0 Å². The Morgan fingerprint density at radius 1 is 1.14 bits per heavy atom. The van der Waals surface area contributed by atoms with Crippen LogP contribution >= 0.6 is 0 Å². The van der Waals surface area contributed by atoms with E-state index in [2.05, 4.69) is 41.0 Å². The van der Waals surface area contributed by atoms with E-state index in [9.17, 15) is 14.4 Å². The monoisotopic (exact) mass is 498 g/mol. The van der Waals surface area contributed by atoms with E-state index in [0.717, 1.165) is 48.2 Å². The summed E-state index contributed by atoms with van der Waals surface area (Å²) in [5, 5.41) is 7.53. The van der Waals surface area contributed by atoms with Gasteiger partial charge in [-0.05, 0) is 73.3 Å². The Kier molecular flexibility index (Phi) is 5.82. The molecule has 1 atom stereocenters. The molecule has 0 bridgehead atoms. The predicted octanol–water partition coefficient (Wildman–Crippen LogP) is 2.12. The zero-order valence-corrected chi connectivity index (χ0v) is 20.8. The number of allylic oxidation sites excluding steroid dienone is 2. The molecule has 2 aromatic rings. The van der Waals surface area contributed by atoms with Gasteiger partial charge in [-0.2, -0.15) is 0 Å². The summed E-state index contributed by atoms with van der Waals surface area (Å²) in [4.78, 5) is 45.2. The molecule has 8 heteroatoms. The topological polar surface area (TPSA) is 101 Å². The summed E-state index contributed by atoms with van der Waals surface area (Å²) in [6.07, 6.45) is 14.6. The van der Waals surface area contributed by atoms with E-state index in [1.165, 1.54) is 5.56 Å². The summed E-state index contributed by atoms with van der Waals surface area (Å²) in [6.45, 7) is 0.550. The maximum absolute atomic E-state index is 13.3. The highest BCUT2D eigenvalue weighted by Crippen LogP contribution is 2.42. The molecule has 8 nitrogen and oxygen atoms in total. The highest BCUT2D eigenvalue weighted by atomic mass is 16.5. The van der Waals surface area contributed by atoms with Crippen LogP contribution in [0.5, 0.6) is 5.75 Å². The molecule has 1 saturated carbocycles. The van der Waals surface area contributed by atoms with Gasteiger partial charge in [-0.1, -0.05) is 30.4 Å². The van der Waals surface area contributed by atoms with Crippen LogP contribution in [0, 0.1) is 5.92 Å². The van der Waals surface area contributed by atoms with Crippen LogP contribution in [-0.2, 0) is 11.3 Å². The van der Waals surface area contributed by atoms with Crippen molar-refractivity contribution in [2.24, 2.45) is 5.92 Å². The number of methoxy groups -OCH3 is 1. The summed E-state index contributed by atoms with van der Waals surface area (Å²) in [5.74, 6) is 0.405. The number of fused-ring (bicyclic) bond motifs is 2. The maximum Gasteiger partial charge on any atom is 0.322 e. The van der Waals surface area contributed by atoms with Crippen molar-refractivity contribution in [1.82, 2.24) is 20.5 Å². The molecule has 2 aliphatic carbocycles. The molecule has 37 heavy (non-hydrogen) atoms. The summed E-state index contributed by atoms with van der Waals surface area (Å²) in [5.41, 5.74) is 1.56. The molecule has 3 heterocycles. The number of benzene rings is 1. The van der Waals surface area contributed by atoms with Gasteiger partial charge in [0.1, 0.15) is 11.3 Å². The lowest BCUT2D eigenvalue weighted by Gasteiger charge is -2.41. The third kappa shape index (κ3) is 4.10. The van der Waals surface area contributed by atoms with Crippen LogP contribution in [0.3, 0.4) is 0 Å². The quantitative estimate of drug-likeness (QED) is 0.615. The van der Waals surface area contributed by atoms with E-state index in [4.69, 9.17) is 9.72 Å². The first kappa shape index (κ1) is 23.5. The number of hydrogen-bond acceptors (Lipinski definition) is 5. The van der Waals surface area contributed by atoms with Gasteiger partial charge in [-0.15, -0.1) is 0 Å². The molecule has 190 valence electrons. The Morgan fingerprint density at radius 2 is 1.97 bits per heavy atom. The summed E-state index contributed by atoms with van der Waals surface area (Å²) in [6, 6.07) is 7.19. The van der Waals surface area contributed by atoms with E-state index >= 15 is 0 Å². The maximum atomic E-state index is 13.3. The van der Waals surface area contributed by atoms with Crippen molar-refractivity contribution in [3.63, 3.8) is 0 Å². The Labute approximate surface area is 215 Å². The molecule has 2 fully saturated rings. The van der Waals surface area contributed by atoms with E-state index in [0.29, 0.717) is 23.8 Å². The molecule has 6 rings (SSSR count). The van der Waals surface area contributed by atoms with Gasteiger partial charge in [0.15, 0.2) is 0 Å². The first-order valence-corrected chi connectivity index (χ1v) is 12.9. The van der Waals surface area contributed by atoms with Crippen molar-refractivity contribution < 1.29 is 19.1 Å². The smallest absolute Gasteiger partial charge is 0.322 e. The first-order chi connectivity index (χ1) is 18.0. The van der Waals surface area contributed by atoms with Gasteiger partial charge in [-0.25, -0.2) is 4.79 Å². The van der Waals surface area contributed by atoms with E-state index < -0.39 is 11.6 Å². The van der Waals surface area contributed by atoms with Crippen LogP contribution in [-0.4, -0.2) is 46.9 Å². The number of rotatable bonds is 5. The van der Waals surface area contributed by atoms with E-state index in [1.807, 2.05) is 18.3 Å². The summed E-state index contributed by atoms with van der Waals surface area (Å²) >= 11 is 0. The second-order valence-electron chi connectivity index (χ2n) is 10.4. The van der Waals surface area contributed by atoms with Gasteiger partial charge < -0.3 is 15.0 Å². The van der Waals surface area contributed by atoms with Crippen molar-refractivity contribution in [2.45, 2.75) is 50.1 Å². The van der Waals surface area contributed by atoms with Crippen LogP contribution in [0.4, 0.5) is 4.79 Å². The molecule has 4 aliphatic rings. The minimum absolute atomic E-state index is 0.0714. The van der Waals surface area contributed by atoms with Gasteiger partial charge in [0, 0.05) is 23.5 Å². The molecule has 1 aromatic heterocycles. The van der Waals surface area contributed by atoms with Crippen LogP contribution in [0.1, 0.15) is 59.5 Å². The number of imide groups is 1. The number of ether oxygens (including phenoxy) is 1. The number of carbonyl (C=O) groups is 3. The number of nitrogens with zero attached hydrogens (tertiary/aromatic N) is 2. The molecular weight excluding hydrogens is 468 g/mol. The molecule has 0 spiro atoms. The molecule has 4 amide bonds. The highest BCUT2D eigenvalue weighted by molar-refractivity contribution is 6.08. The Balaban J connectivity index is 1.22. The fourth-order valence-corrected chi connectivity index (χ4v) is 6.32. The number of aromatic nitrogens is 1. The van der Waals surface area contributed by atoms with Gasteiger partial charge in [0.05, 0.1) is 19.0 Å². The number of pyridine rings is 1. The second kappa shape index (κ2) is 9.18. The highest BCUT2D eigenvalue weighted by Gasteiger charge is 2.54. The normalized spacial score (nSPS) is 26.4. The molecule has 2 aliphatic heterocycles. The number of amides is 4. The molecule has 1 aromatic carbocycles. The Morgan fingerprint density at radius 3 is 2.73 bits per heavy atom. The van der Waals surface area contributed by atoms with Crippen LogP contribution in [0.2, 0.25) is 0 Å². The number of urea groups is 1. The Bertz CT molecular complexity index is 1440. The molecular formula is C29H30N4O4. The SMILES string of the molecule is COc1ccc2c(c1)C(=O)N(C[C@@]1(C3CCC(c4cnc5c(c4)=CC=CCC=5)CC3)NC(=O)NC1=O)C2. The molecule has 0 unspecified atom stereocenters. The lowest BCUT2D eigenvalue weighted by Crippen LogP contribution is -2.60. The fourth-order valence-electron chi connectivity index (χ4n) is 6.32. The second-order valence-corrected chi connectivity index (χ2v) is 10.4. The van der Waals surface area contributed by atoms with Gasteiger partial charge in [-0.3, -0.25) is 19.9 Å². The van der Waals surface area contributed by atoms with E-state index in [-0.39, 0.29) is 24.3 Å². The zero-order chi connectivity index (χ0) is 25.6. The van der Waals surface area contributed by atoms with Gasteiger partial charge in [0.2, 0.25) is 0 Å². The van der Waals surface area contributed by atoms with Crippen molar-refractivity contribution in [2.75, 3.05) is 13.7 Å². The number of nitrogens with one attached hydrogen (secondary N) is 2.